The van der Waals surface area contributed by atoms with Crippen molar-refractivity contribution in [2.75, 3.05) is 33.4 Å². The van der Waals surface area contributed by atoms with Gasteiger partial charge in [-0.05, 0) is 47.0 Å². The lowest BCUT2D eigenvalue weighted by molar-refractivity contribution is 0.0417. The number of amides is 1. The Morgan fingerprint density at radius 1 is 1.00 bits per heavy atom. The van der Waals surface area contributed by atoms with E-state index in [9.17, 15) is 15.0 Å². The van der Waals surface area contributed by atoms with E-state index in [4.69, 9.17) is 16.3 Å². The number of hydrogen-bond donors (Lipinski definition) is 2. The molecule has 1 aliphatic heterocycles. The quantitative estimate of drug-likeness (QED) is 0.624. The minimum atomic E-state index is -0.0832. The lowest BCUT2D eigenvalue weighted by atomic mass is 9.89. The number of hydrogen-bond acceptors (Lipinski definition) is 4. The molecule has 0 bridgehead atoms. The summed E-state index contributed by atoms with van der Waals surface area (Å²) in [4.78, 5) is 15.2. The second kappa shape index (κ2) is 9.27. The van der Waals surface area contributed by atoms with Gasteiger partial charge in [0.15, 0.2) is 0 Å². The number of carbonyl (C=O) groups is 1. The highest BCUT2D eigenvalue weighted by molar-refractivity contribution is 6.34. The molecular weight excluding hydrogens is 414 g/mol. The number of aliphatic hydroxyl groups excluding tert-OH is 2. The van der Waals surface area contributed by atoms with Crippen LogP contribution in [0.5, 0.6) is 5.75 Å². The third kappa shape index (κ3) is 4.26. The van der Waals surface area contributed by atoms with Crippen LogP contribution >= 0.6 is 11.6 Å². The third-order valence-electron chi connectivity index (χ3n) is 6.05. The first kappa shape index (κ1) is 21.6. The molecule has 1 heterocycles. The fourth-order valence-electron chi connectivity index (χ4n) is 4.48. The van der Waals surface area contributed by atoms with E-state index in [0.29, 0.717) is 29.4 Å². The molecule has 0 saturated carbocycles. The Labute approximate surface area is 186 Å². The molecule has 0 aromatic heterocycles. The molecule has 0 radical (unpaired) electrons. The van der Waals surface area contributed by atoms with E-state index in [1.54, 1.807) is 18.1 Å². The lowest BCUT2D eigenvalue weighted by Crippen LogP contribution is -2.46. The van der Waals surface area contributed by atoms with E-state index in [0.717, 1.165) is 28.3 Å². The zero-order chi connectivity index (χ0) is 22.0. The maximum absolute atomic E-state index is 13.5. The van der Waals surface area contributed by atoms with Gasteiger partial charge in [0.2, 0.25) is 0 Å². The van der Waals surface area contributed by atoms with Gasteiger partial charge in [-0.2, -0.15) is 0 Å². The topological polar surface area (TPSA) is 70.0 Å². The highest BCUT2D eigenvalue weighted by Crippen LogP contribution is 2.37. The maximum Gasteiger partial charge on any atom is 0.254 e. The molecule has 162 valence electrons. The first-order valence-corrected chi connectivity index (χ1v) is 10.8. The molecule has 3 aromatic carbocycles. The van der Waals surface area contributed by atoms with Crippen LogP contribution in [-0.2, 0) is 0 Å². The predicted molar refractivity (Wildman–Crippen MR) is 123 cm³/mol. The highest BCUT2D eigenvalue weighted by atomic mass is 35.5. The second-order valence-corrected chi connectivity index (χ2v) is 8.50. The Kier molecular flexibility index (Phi) is 6.46. The van der Waals surface area contributed by atoms with E-state index >= 15 is 0 Å². The monoisotopic (exact) mass is 439 g/mol. The van der Waals surface area contributed by atoms with Gasteiger partial charge < -0.3 is 19.8 Å². The highest BCUT2D eigenvalue weighted by Gasteiger charge is 2.30. The zero-order valence-corrected chi connectivity index (χ0v) is 18.2. The molecule has 0 unspecified atom stereocenters. The second-order valence-electron chi connectivity index (χ2n) is 8.10. The van der Waals surface area contributed by atoms with Crippen LogP contribution in [0.2, 0.25) is 5.02 Å². The van der Waals surface area contributed by atoms with Gasteiger partial charge in [-0.25, -0.2) is 0 Å². The van der Waals surface area contributed by atoms with Gasteiger partial charge in [-0.15, -0.1) is 0 Å². The summed E-state index contributed by atoms with van der Waals surface area (Å²) in [6.45, 7) is 1.00. The summed E-state index contributed by atoms with van der Waals surface area (Å²) in [6, 6.07) is 17.1. The number of fused-ring (bicyclic) bond motifs is 1. The molecule has 1 aliphatic rings. The molecule has 2 N–H and O–H groups in total. The van der Waals surface area contributed by atoms with Crippen molar-refractivity contribution in [3.05, 3.63) is 65.2 Å². The van der Waals surface area contributed by atoms with Crippen molar-refractivity contribution in [3.63, 3.8) is 0 Å². The molecule has 6 heteroatoms. The summed E-state index contributed by atoms with van der Waals surface area (Å²) in [5.74, 6) is 0.573. The van der Waals surface area contributed by atoms with Gasteiger partial charge in [0, 0.05) is 49.3 Å². The van der Waals surface area contributed by atoms with Crippen LogP contribution in [0, 0.1) is 11.8 Å². The van der Waals surface area contributed by atoms with Crippen LogP contribution in [0.3, 0.4) is 0 Å². The lowest BCUT2D eigenvalue weighted by Gasteiger charge is -2.36. The number of rotatable bonds is 5. The molecular formula is C25H26ClNO4. The molecule has 4 rings (SSSR count). The van der Waals surface area contributed by atoms with E-state index in [2.05, 4.69) is 0 Å². The molecule has 3 aromatic rings. The maximum atomic E-state index is 13.5. The van der Waals surface area contributed by atoms with Crippen LogP contribution in [0.25, 0.3) is 21.9 Å². The summed E-state index contributed by atoms with van der Waals surface area (Å²) in [5.41, 5.74) is 2.43. The summed E-state index contributed by atoms with van der Waals surface area (Å²) in [6.07, 6.45) is 0.729. The molecule has 0 spiro atoms. The summed E-state index contributed by atoms with van der Waals surface area (Å²) >= 11 is 6.53. The van der Waals surface area contributed by atoms with Crippen molar-refractivity contribution in [2.24, 2.45) is 11.8 Å². The van der Waals surface area contributed by atoms with Crippen LogP contribution in [0.1, 0.15) is 16.8 Å². The fourth-order valence-corrected chi connectivity index (χ4v) is 4.75. The molecule has 5 nitrogen and oxygen atoms in total. The van der Waals surface area contributed by atoms with Crippen molar-refractivity contribution in [2.45, 2.75) is 6.42 Å². The Bertz CT molecular complexity index is 1090. The van der Waals surface area contributed by atoms with Crippen LogP contribution < -0.4 is 4.74 Å². The van der Waals surface area contributed by atoms with Gasteiger partial charge in [-0.1, -0.05) is 41.9 Å². The average molecular weight is 440 g/mol. The van der Waals surface area contributed by atoms with E-state index in [-0.39, 0.29) is 31.0 Å². The Morgan fingerprint density at radius 2 is 1.65 bits per heavy atom. The number of halogens is 1. The number of piperidine rings is 1. The summed E-state index contributed by atoms with van der Waals surface area (Å²) in [7, 11) is 1.60. The SMILES string of the molecule is COc1ccc(-c2ccc(C(=O)N3C[C@H](CO)C[C@H](CO)C3)c3ccccc23)c(Cl)c1. The van der Waals surface area contributed by atoms with Crippen molar-refractivity contribution >= 4 is 28.3 Å². The number of aliphatic hydroxyl groups is 2. The van der Waals surface area contributed by atoms with Crippen molar-refractivity contribution < 1.29 is 19.7 Å². The van der Waals surface area contributed by atoms with Crippen molar-refractivity contribution in [1.29, 1.82) is 0 Å². The molecule has 2 atom stereocenters. The number of methoxy groups -OCH3 is 1. The third-order valence-corrected chi connectivity index (χ3v) is 6.36. The van der Waals surface area contributed by atoms with Crippen LogP contribution in [-0.4, -0.2) is 54.4 Å². The average Bonchev–Trinajstić information content (AvgIpc) is 2.82. The smallest absolute Gasteiger partial charge is 0.254 e. The number of ether oxygens (including phenoxy) is 1. The van der Waals surface area contributed by atoms with Gasteiger partial charge >= 0.3 is 0 Å². The van der Waals surface area contributed by atoms with E-state index < -0.39 is 0 Å². The Morgan fingerprint density at radius 3 is 2.26 bits per heavy atom. The van der Waals surface area contributed by atoms with Crippen molar-refractivity contribution in [3.8, 4) is 16.9 Å². The van der Waals surface area contributed by atoms with Gasteiger partial charge in [0.05, 0.1) is 12.1 Å². The van der Waals surface area contributed by atoms with E-state index in [1.165, 1.54) is 0 Å². The molecule has 1 saturated heterocycles. The number of benzene rings is 3. The minimum absolute atomic E-state index is 0.00986. The first-order valence-electron chi connectivity index (χ1n) is 10.4. The van der Waals surface area contributed by atoms with Crippen molar-refractivity contribution in [1.82, 2.24) is 4.90 Å². The van der Waals surface area contributed by atoms with Crippen LogP contribution in [0.4, 0.5) is 0 Å². The minimum Gasteiger partial charge on any atom is -0.497 e. The summed E-state index contributed by atoms with van der Waals surface area (Å²) < 4.78 is 5.26. The zero-order valence-electron chi connectivity index (χ0n) is 17.4. The summed E-state index contributed by atoms with van der Waals surface area (Å²) in [5, 5.41) is 21.6. The van der Waals surface area contributed by atoms with Gasteiger partial charge in [-0.3, -0.25) is 4.79 Å². The normalized spacial score (nSPS) is 18.9. The standard InChI is InChI=1S/C25H26ClNO4/c1-31-18-6-7-22(24(26)11-18)21-8-9-23(20-5-3-2-4-19(20)21)25(30)27-12-16(14-28)10-17(13-27)15-29/h2-9,11,16-17,28-29H,10,12-15H2,1H3/t16-,17+. The Hall–Kier alpha value is -2.60. The molecule has 31 heavy (non-hydrogen) atoms. The number of likely N-dealkylation sites (tertiary alicyclic amines) is 1. The van der Waals surface area contributed by atoms with Crippen LogP contribution in [0.15, 0.2) is 54.6 Å². The fraction of sp³-hybridized carbons (Fsp3) is 0.320. The molecule has 1 fully saturated rings. The number of nitrogens with zero attached hydrogens (tertiary/aromatic N) is 1. The predicted octanol–water partition coefficient (Wildman–Crippen LogP) is 4.23. The van der Waals surface area contributed by atoms with E-state index in [1.807, 2.05) is 48.5 Å². The molecule has 0 aliphatic carbocycles. The van der Waals surface area contributed by atoms with Gasteiger partial charge in [0.25, 0.3) is 5.91 Å². The largest absolute Gasteiger partial charge is 0.497 e. The van der Waals surface area contributed by atoms with Gasteiger partial charge in [0.1, 0.15) is 5.75 Å². The first-order chi connectivity index (χ1) is 15.0. The molecule has 1 amide bonds. The Balaban J connectivity index is 1.76. The number of carbonyl (C=O) groups excluding carboxylic acids is 1.